The summed E-state index contributed by atoms with van der Waals surface area (Å²) in [6.45, 7) is 10.2. The maximum Gasteiger partial charge on any atom is 0.319 e. The van der Waals surface area contributed by atoms with Crippen LogP contribution in [0.1, 0.15) is 44.6 Å². The maximum absolute atomic E-state index is 13.5. The quantitative estimate of drug-likeness (QED) is 0.372. The third-order valence-electron chi connectivity index (χ3n) is 6.47. The summed E-state index contributed by atoms with van der Waals surface area (Å²) in [7, 11) is 0. The predicted octanol–water partition coefficient (Wildman–Crippen LogP) is 6.28. The average molecular weight is 483 g/mol. The smallest absolute Gasteiger partial charge is 0.319 e. The van der Waals surface area contributed by atoms with E-state index in [1.54, 1.807) is 23.5 Å². The van der Waals surface area contributed by atoms with Gasteiger partial charge in [-0.3, -0.25) is 0 Å². The number of anilines is 2. The molecule has 4 rings (SSSR count). The van der Waals surface area contributed by atoms with E-state index < -0.39 is 0 Å². The first-order valence-electron chi connectivity index (χ1n) is 12.3. The Morgan fingerprint density at radius 1 is 1.06 bits per heavy atom. The van der Waals surface area contributed by atoms with Gasteiger partial charge in [-0.05, 0) is 74.2 Å². The van der Waals surface area contributed by atoms with Crippen molar-refractivity contribution >= 4 is 38.8 Å². The van der Waals surface area contributed by atoms with Gasteiger partial charge in [-0.1, -0.05) is 26.0 Å². The third kappa shape index (κ3) is 6.48. The van der Waals surface area contributed by atoms with Gasteiger partial charge >= 0.3 is 6.03 Å². The fourth-order valence-electron chi connectivity index (χ4n) is 4.46. The van der Waals surface area contributed by atoms with E-state index in [4.69, 9.17) is 0 Å². The molecule has 1 fully saturated rings. The second-order valence-corrected chi connectivity index (χ2v) is 10.2. The maximum atomic E-state index is 13.5. The highest BCUT2D eigenvalue weighted by atomic mass is 32.1. The fraction of sp³-hybridized carbons (Fsp3) is 0.444. The summed E-state index contributed by atoms with van der Waals surface area (Å²) in [5, 5.41) is 9.18. The minimum Gasteiger partial charge on any atom is -0.369 e. The van der Waals surface area contributed by atoms with Crippen molar-refractivity contribution in [3.05, 3.63) is 59.2 Å². The zero-order valence-corrected chi connectivity index (χ0v) is 21.0. The molecule has 1 aliphatic heterocycles. The number of amides is 2. The van der Waals surface area contributed by atoms with Crippen LogP contribution in [0.4, 0.5) is 20.6 Å². The molecule has 2 N–H and O–H groups in total. The Morgan fingerprint density at radius 2 is 1.88 bits per heavy atom. The van der Waals surface area contributed by atoms with Crippen molar-refractivity contribution in [3.63, 3.8) is 0 Å². The lowest BCUT2D eigenvalue weighted by Gasteiger charge is -2.23. The number of benzene rings is 2. The second-order valence-electron chi connectivity index (χ2n) is 9.31. The average Bonchev–Trinajstić information content (AvgIpc) is 3.09. The Bertz CT molecular complexity index is 1080. The van der Waals surface area contributed by atoms with Gasteiger partial charge in [-0.15, -0.1) is 11.3 Å². The molecule has 1 saturated heterocycles. The van der Waals surface area contributed by atoms with E-state index in [0.717, 1.165) is 67.8 Å². The van der Waals surface area contributed by atoms with Gasteiger partial charge in [0, 0.05) is 47.3 Å². The van der Waals surface area contributed by atoms with Gasteiger partial charge in [0.15, 0.2) is 0 Å². The van der Waals surface area contributed by atoms with E-state index in [1.807, 2.05) is 18.2 Å². The van der Waals surface area contributed by atoms with Gasteiger partial charge < -0.3 is 20.4 Å². The highest BCUT2D eigenvalue weighted by Crippen LogP contribution is 2.34. The first-order valence-corrected chi connectivity index (χ1v) is 13.2. The molecular formula is C27H35FN4OS. The van der Waals surface area contributed by atoms with Crippen LogP contribution in [0.3, 0.4) is 0 Å². The number of rotatable bonds is 8. The molecule has 0 aliphatic carbocycles. The van der Waals surface area contributed by atoms with E-state index in [1.165, 1.54) is 11.3 Å². The molecule has 0 unspecified atom stereocenters. The highest BCUT2D eigenvalue weighted by molar-refractivity contribution is 7.17. The minimum absolute atomic E-state index is 0.148. The monoisotopic (exact) mass is 482 g/mol. The molecule has 0 atom stereocenters. The van der Waals surface area contributed by atoms with Crippen LogP contribution in [-0.4, -0.2) is 50.2 Å². The summed E-state index contributed by atoms with van der Waals surface area (Å²) >= 11 is 1.62. The lowest BCUT2D eigenvalue weighted by molar-refractivity contribution is 0.251. The van der Waals surface area contributed by atoms with Crippen molar-refractivity contribution in [2.45, 2.75) is 39.0 Å². The second kappa shape index (κ2) is 11.7. The molecule has 2 aromatic carbocycles. The first-order chi connectivity index (χ1) is 16.5. The van der Waals surface area contributed by atoms with Gasteiger partial charge in [0.05, 0.1) is 5.69 Å². The molecule has 182 valence electrons. The van der Waals surface area contributed by atoms with Crippen LogP contribution in [0, 0.1) is 5.82 Å². The SMILES string of the molecule is CC(C)c1ccc(NC(=O)NCCCCN2CCCN(c3csc4cc(F)ccc34)CC2)cc1. The van der Waals surface area contributed by atoms with E-state index >= 15 is 0 Å². The topological polar surface area (TPSA) is 47.6 Å². The number of nitrogens with one attached hydrogen (secondary N) is 2. The molecule has 1 aliphatic rings. The predicted molar refractivity (Wildman–Crippen MR) is 142 cm³/mol. The molecular weight excluding hydrogens is 447 g/mol. The highest BCUT2D eigenvalue weighted by Gasteiger charge is 2.18. The Morgan fingerprint density at radius 3 is 2.68 bits per heavy atom. The van der Waals surface area contributed by atoms with Gasteiger partial charge in [0.2, 0.25) is 0 Å². The zero-order chi connectivity index (χ0) is 23.9. The lowest BCUT2D eigenvalue weighted by Crippen LogP contribution is -2.32. The van der Waals surface area contributed by atoms with Crippen LogP contribution in [0.2, 0.25) is 0 Å². The number of unbranched alkanes of at least 4 members (excludes halogenated alkanes) is 1. The van der Waals surface area contributed by atoms with E-state index in [0.29, 0.717) is 12.5 Å². The number of nitrogens with zero attached hydrogens (tertiary/aromatic N) is 2. The first kappa shape index (κ1) is 24.5. The van der Waals surface area contributed by atoms with Crippen LogP contribution < -0.4 is 15.5 Å². The Labute approximate surface area is 205 Å². The molecule has 0 spiro atoms. The van der Waals surface area contributed by atoms with E-state index in [-0.39, 0.29) is 11.8 Å². The number of fused-ring (bicyclic) bond motifs is 1. The molecule has 5 nitrogen and oxygen atoms in total. The van der Waals surface area contributed by atoms with E-state index in [9.17, 15) is 9.18 Å². The molecule has 3 aromatic rings. The van der Waals surface area contributed by atoms with Crippen molar-refractivity contribution < 1.29 is 9.18 Å². The Kier molecular flexibility index (Phi) is 8.40. The summed E-state index contributed by atoms with van der Waals surface area (Å²) in [4.78, 5) is 17.1. The van der Waals surface area contributed by atoms with Gasteiger partial charge in [0.25, 0.3) is 0 Å². The number of hydrogen-bond donors (Lipinski definition) is 2. The Balaban J connectivity index is 1.15. The van der Waals surface area contributed by atoms with Crippen molar-refractivity contribution in [2.75, 3.05) is 49.5 Å². The minimum atomic E-state index is -0.171. The lowest BCUT2D eigenvalue weighted by atomic mass is 10.0. The summed E-state index contributed by atoms with van der Waals surface area (Å²) < 4.78 is 14.5. The zero-order valence-electron chi connectivity index (χ0n) is 20.1. The number of carbonyl (C=O) groups excluding carboxylic acids is 1. The molecule has 1 aromatic heterocycles. The normalized spacial score (nSPS) is 15.0. The fourth-order valence-corrected chi connectivity index (χ4v) is 5.45. The van der Waals surface area contributed by atoms with Crippen LogP contribution in [0.25, 0.3) is 10.1 Å². The number of hydrogen-bond acceptors (Lipinski definition) is 4. The summed E-state index contributed by atoms with van der Waals surface area (Å²) in [5.74, 6) is 0.312. The summed E-state index contributed by atoms with van der Waals surface area (Å²) in [6.07, 6.45) is 3.14. The molecule has 0 radical (unpaired) electrons. The van der Waals surface area contributed by atoms with E-state index in [2.05, 4.69) is 51.8 Å². The van der Waals surface area contributed by atoms with Crippen LogP contribution in [0.5, 0.6) is 0 Å². The number of thiophene rings is 1. The van der Waals surface area contributed by atoms with Gasteiger partial charge in [-0.2, -0.15) is 0 Å². The standard InChI is InChI=1S/C27H35FN4OS/c1-20(2)21-6-9-23(10-7-21)30-27(33)29-12-3-4-13-31-14-5-15-32(17-16-31)25-19-34-26-18-22(28)8-11-24(25)26/h6-11,18-20H,3-5,12-17H2,1-2H3,(H2,29,30,33). The van der Waals surface area contributed by atoms with Crippen molar-refractivity contribution in [1.29, 1.82) is 0 Å². The van der Waals surface area contributed by atoms with Crippen LogP contribution >= 0.6 is 11.3 Å². The summed E-state index contributed by atoms with van der Waals surface area (Å²) in [6, 6.07) is 13.0. The molecule has 2 heterocycles. The third-order valence-corrected chi connectivity index (χ3v) is 7.40. The van der Waals surface area contributed by atoms with Gasteiger partial charge in [0.1, 0.15) is 5.82 Å². The van der Waals surface area contributed by atoms with Crippen LogP contribution in [0.15, 0.2) is 47.8 Å². The van der Waals surface area contributed by atoms with Crippen molar-refractivity contribution in [1.82, 2.24) is 10.2 Å². The number of halogens is 1. The van der Waals surface area contributed by atoms with Crippen LogP contribution in [-0.2, 0) is 0 Å². The number of urea groups is 1. The number of carbonyl (C=O) groups is 1. The molecule has 2 amide bonds. The molecule has 34 heavy (non-hydrogen) atoms. The summed E-state index contributed by atoms with van der Waals surface area (Å²) in [5.41, 5.74) is 3.32. The van der Waals surface area contributed by atoms with Crippen molar-refractivity contribution in [3.8, 4) is 0 Å². The van der Waals surface area contributed by atoms with Crippen molar-refractivity contribution in [2.24, 2.45) is 0 Å². The Hall–Kier alpha value is -2.64. The van der Waals surface area contributed by atoms with Gasteiger partial charge in [-0.25, -0.2) is 9.18 Å². The molecule has 0 saturated carbocycles. The largest absolute Gasteiger partial charge is 0.369 e. The molecule has 7 heteroatoms. The molecule has 0 bridgehead atoms.